The fourth-order valence-corrected chi connectivity index (χ4v) is 1.45. The Morgan fingerprint density at radius 2 is 1.82 bits per heavy atom. The lowest BCUT2D eigenvalue weighted by Crippen LogP contribution is -2.22. The Hall–Kier alpha value is -1.35. The molecule has 0 spiro atoms. The molecule has 1 rings (SSSR count). The summed E-state index contributed by atoms with van der Waals surface area (Å²) in [5, 5.41) is 2.97. The summed E-state index contributed by atoms with van der Waals surface area (Å²) in [6, 6.07) is 7.33. The van der Waals surface area contributed by atoms with Crippen molar-refractivity contribution in [3.05, 3.63) is 29.8 Å². The number of ketones is 1. The highest BCUT2D eigenvalue weighted by molar-refractivity contribution is 5.96. The van der Waals surface area contributed by atoms with Crippen molar-refractivity contribution in [1.29, 1.82) is 0 Å². The maximum absolute atomic E-state index is 11.7. The van der Waals surface area contributed by atoms with Crippen molar-refractivity contribution in [3.63, 3.8) is 0 Å². The largest absolute Gasteiger partial charge is 0.488 e. The first kappa shape index (κ1) is 13.7. The van der Waals surface area contributed by atoms with E-state index < -0.39 is 0 Å². The predicted octanol–water partition coefficient (Wildman–Crippen LogP) is 2.66. The fourth-order valence-electron chi connectivity index (χ4n) is 1.45. The van der Waals surface area contributed by atoms with Gasteiger partial charge in [0.15, 0.2) is 5.78 Å². The molecule has 0 radical (unpaired) electrons. The minimum atomic E-state index is -0.211. The summed E-state index contributed by atoms with van der Waals surface area (Å²) in [6.07, 6.45) is 0.524. The van der Waals surface area contributed by atoms with E-state index in [2.05, 4.69) is 5.32 Å². The van der Waals surface area contributed by atoms with Crippen LogP contribution in [-0.4, -0.2) is 25.0 Å². The van der Waals surface area contributed by atoms with Gasteiger partial charge >= 0.3 is 0 Å². The van der Waals surface area contributed by atoms with E-state index in [0.29, 0.717) is 13.0 Å². The van der Waals surface area contributed by atoms with Gasteiger partial charge in [-0.2, -0.15) is 0 Å². The zero-order chi connectivity index (χ0) is 12.9. The van der Waals surface area contributed by atoms with Gasteiger partial charge in [-0.1, -0.05) is 0 Å². The molecular formula is C14H21NO2. The van der Waals surface area contributed by atoms with E-state index in [4.69, 9.17) is 4.74 Å². The van der Waals surface area contributed by atoms with Crippen molar-refractivity contribution in [1.82, 2.24) is 5.32 Å². The Morgan fingerprint density at radius 1 is 1.24 bits per heavy atom. The maximum atomic E-state index is 11.7. The molecule has 3 nitrogen and oxygen atoms in total. The van der Waals surface area contributed by atoms with E-state index in [1.165, 1.54) is 0 Å². The summed E-state index contributed by atoms with van der Waals surface area (Å²) in [5.74, 6) is 0.948. The predicted molar refractivity (Wildman–Crippen MR) is 69.7 cm³/mol. The summed E-state index contributed by atoms with van der Waals surface area (Å²) < 4.78 is 5.69. The molecule has 1 aromatic rings. The molecule has 0 unspecified atom stereocenters. The molecule has 0 saturated heterocycles. The molecule has 0 saturated carbocycles. The highest BCUT2D eigenvalue weighted by atomic mass is 16.5. The molecule has 1 N–H and O–H groups in total. The summed E-state index contributed by atoms with van der Waals surface area (Å²) in [6.45, 7) is 6.70. The van der Waals surface area contributed by atoms with Crippen molar-refractivity contribution in [2.45, 2.75) is 32.8 Å². The Morgan fingerprint density at radius 3 is 2.29 bits per heavy atom. The SMILES string of the molecule is CNCCC(=O)c1ccc(OC(C)(C)C)cc1. The third-order valence-electron chi connectivity index (χ3n) is 2.20. The molecule has 0 bridgehead atoms. The fraction of sp³-hybridized carbons (Fsp3) is 0.500. The third kappa shape index (κ3) is 5.00. The number of hydrogen-bond donors (Lipinski definition) is 1. The molecule has 0 heterocycles. The lowest BCUT2D eigenvalue weighted by atomic mass is 10.1. The topological polar surface area (TPSA) is 38.3 Å². The Bertz CT molecular complexity index is 363. The Kier molecular flexibility index (Phi) is 4.70. The van der Waals surface area contributed by atoms with Crippen LogP contribution in [0, 0.1) is 0 Å². The summed E-state index contributed by atoms with van der Waals surface area (Å²) in [4.78, 5) is 11.7. The van der Waals surface area contributed by atoms with Crippen LogP contribution in [0.5, 0.6) is 5.75 Å². The van der Waals surface area contributed by atoms with Gasteiger partial charge in [0.2, 0.25) is 0 Å². The summed E-state index contributed by atoms with van der Waals surface area (Å²) in [7, 11) is 1.84. The van der Waals surface area contributed by atoms with E-state index in [0.717, 1.165) is 11.3 Å². The van der Waals surface area contributed by atoms with E-state index in [1.807, 2.05) is 52.1 Å². The van der Waals surface area contributed by atoms with Gasteiger partial charge < -0.3 is 10.1 Å². The van der Waals surface area contributed by atoms with Gasteiger partial charge in [0.1, 0.15) is 11.4 Å². The molecule has 0 atom stereocenters. The molecule has 1 aromatic carbocycles. The van der Waals surface area contributed by atoms with Crippen LogP contribution in [-0.2, 0) is 0 Å². The molecule has 94 valence electrons. The first-order valence-corrected chi connectivity index (χ1v) is 5.89. The standard InChI is InChI=1S/C14H21NO2/c1-14(2,3)17-12-7-5-11(6-8-12)13(16)9-10-15-4/h5-8,15H,9-10H2,1-4H3. The lowest BCUT2D eigenvalue weighted by molar-refractivity contribution is 0.0983. The van der Waals surface area contributed by atoms with E-state index >= 15 is 0 Å². The van der Waals surface area contributed by atoms with Crippen molar-refractivity contribution in [3.8, 4) is 5.75 Å². The molecule has 0 amide bonds. The molecule has 3 heteroatoms. The molecule has 0 aliphatic rings. The van der Waals surface area contributed by atoms with E-state index in [-0.39, 0.29) is 11.4 Å². The van der Waals surface area contributed by atoms with E-state index in [1.54, 1.807) is 0 Å². The van der Waals surface area contributed by atoms with Crippen molar-refractivity contribution in [2.75, 3.05) is 13.6 Å². The number of benzene rings is 1. The first-order chi connectivity index (χ1) is 7.92. The van der Waals surface area contributed by atoms with Crippen LogP contribution in [0.3, 0.4) is 0 Å². The highest BCUT2D eigenvalue weighted by Crippen LogP contribution is 2.18. The normalized spacial score (nSPS) is 11.3. The van der Waals surface area contributed by atoms with Gasteiger partial charge in [-0.05, 0) is 52.1 Å². The maximum Gasteiger partial charge on any atom is 0.164 e. The molecular weight excluding hydrogens is 214 g/mol. The third-order valence-corrected chi connectivity index (χ3v) is 2.20. The highest BCUT2D eigenvalue weighted by Gasteiger charge is 2.12. The van der Waals surface area contributed by atoms with Gasteiger partial charge in [-0.25, -0.2) is 0 Å². The van der Waals surface area contributed by atoms with Crippen molar-refractivity contribution >= 4 is 5.78 Å². The second kappa shape index (κ2) is 5.82. The smallest absolute Gasteiger partial charge is 0.164 e. The number of carbonyl (C=O) groups excluding carboxylic acids is 1. The first-order valence-electron chi connectivity index (χ1n) is 5.89. The minimum Gasteiger partial charge on any atom is -0.488 e. The van der Waals surface area contributed by atoms with E-state index in [9.17, 15) is 4.79 Å². The second-order valence-electron chi connectivity index (χ2n) is 5.02. The lowest BCUT2D eigenvalue weighted by Gasteiger charge is -2.21. The van der Waals surface area contributed by atoms with Crippen LogP contribution in [0.4, 0.5) is 0 Å². The zero-order valence-corrected chi connectivity index (χ0v) is 11.0. The number of hydrogen-bond acceptors (Lipinski definition) is 3. The zero-order valence-electron chi connectivity index (χ0n) is 11.0. The summed E-state index contributed by atoms with van der Waals surface area (Å²) in [5.41, 5.74) is 0.527. The van der Waals surface area contributed by atoms with Crippen LogP contribution < -0.4 is 10.1 Å². The van der Waals surface area contributed by atoms with Gasteiger partial charge in [0.25, 0.3) is 0 Å². The van der Waals surface area contributed by atoms with Crippen molar-refractivity contribution < 1.29 is 9.53 Å². The van der Waals surface area contributed by atoms with Gasteiger partial charge in [0, 0.05) is 18.5 Å². The van der Waals surface area contributed by atoms with Crippen LogP contribution in [0.1, 0.15) is 37.6 Å². The minimum absolute atomic E-state index is 0.154. The van der Waals surface area contributed by atoms with Crippen LogP contribution in [0.25, 0.3) is 0 Å². The van der Waals surface area contributed by atoms with Crippen LogP contribution in [0.15, 0.2) is 24.3 Å². The number of nitrogens with one attached hydrogen (secondary N) is 1. The average Bonchev–Trinajstić information content (AvgIpc) is 2.24. The number of ether oxygens (including phenoxy) is 1. The van der Waals surface area contributed by atoms with Gasteiger partial charge in [-0.3, -0.25) is 4.79 Å². The monoisotopic (exact) mass is 235 g/mol. The molecule has 0 aliphatic heterocycles. The second-order valence-corrected chi connectivity index (χ2v) is 5.02. The average molecular weight is 235 g/mol. The molecule has 0 fully saturated rings. The van der Waals surface area contributed by atoms with Gasteiger partial charge in [0.05, 0.1) is 0 Å². The number of Topliss-reactive ketones (excluding diaryl/α,β-unsaturated/α-hetero) is 1. The molecule has 0 aromatic heterocycles. The van der Waals surface area contributed by atoms with Crippen LogP contribution >= 0.6 is 0 Å². The molecule has 0 aliphatic carbocycles. The number of carbonyl (C=O) groups is 1. The Labute approximate surface area is 103 Å². The molecule has 17 heavy (non-hydrogen) atoms. The number of rotatable bonds is 5. The summed E-state index contributed by atoms with van der Waals surface area (Å²) >= 11 is 0. The Balaban J connectivity index is 2.64. The van der Waals surface area contributed by atoms with Gasteiger partial charge in [-0.15, -0.1) is 0 Å². The quantitative estimate of drug-likeness (QED) is 0.797. The van der Waals surface area contributed by atoms with Crippen LogP contribution in [0.2, 0.25) is 0 Å². The van der Waals surface area contributed by atoms with Crippen molar-refractivity contribution in [2.24, 2.45) is 0 Å².